The van der Waals surface area contributed by atoms with Gasteiger partial charge in [-0.25, -0.2) is 4.98 Å². The van der Waals surface area contributed by atoms with E-state index in [1.54, 1.807) is 12.1 Å². The number of ether oxygens (including phenoxy) is 1. The van der Waals surface area contributed by atoms with E-state index >= 15 is 0 Å². The number of hydrogen-bond donors (Lipinski definition) is 2. The lowest BCUT2D eigenvalue weighted by atomic mass is 10.2. The predicted molar refractivity (Wildman–Crippen MR) is 66.7 cm³/mol. The molecular formula is C12H19N3O2. The van der Waals surface area contributed by atoms with E-state index in [0.717, 1.165) is 6.42 Å². The van der Waals surface area contributed by atoms with E-state index in [2.05, 4.69) is 10.3 Å². The number of amides is 1. The van der Waals surface area contributed by atoms with Crippen molar-refractivity contribution in [2.24, 2.45) is 0 Å². The van der Waals surface area contributed by atoms with Gasteiger partial charge in [0.1, 0.15) is 5.82 Å². The molecule has 17 heavy (non-hydrogen) atoms. The predicted octanol–water partition coefficient (Wildman–Crippen LogP) is 1.21. The SMILES string of the molecule is CC(C)OCCCNC(=O)c1ccc(N)nc1. The standard InChI is InChI=1S/C12H19N3O2/c1-9(2)17-7-3-6-14-12(16)10-4-5-11(13)15-8-10/h4-5,8-9H,3,6-7H2,1-2H3,(H2,13,15)(H,14,16). The summed E-state index contributed by atoms with van der Waals surface area (Å²) < 4.78 is 5.36. The van der Waals surface area contributed by atoms with Crippen molar-refractivity contribution >= 4 is 11.7 Å². The molecule has 1 amide bonds. The van der Waals surface area contributed by atoms with E-state index in [-0.39, 0.29) is 12.0 Å². The fourth-order valence-corrected chi connectivity index (χ4v) is 1.23. The number of nitrogens with two attached hydrogens (primary N) is 1. The van der Waals surface area contributed by atoms with Crippen molar-refractivity contribution < 1.29 is 9.53 Å². The summed E-state index contributed by atoms with van der Waals surface area (Å²) in [6.45, 7) is 5.21. The maximum Gasteiger partial charge on any atom is 0.252 e. The van der Waals surface area contributed by atoms with Crippen molar-refractivity contribution in [1.29, 1.82) is 0 Å². The van der Waals surface area contributed by atoms with Gasteiger partial charge in [-0.05, 0) is 32.4 Å². The molecule has 0 radical (unpaired) electrons. The number of anilines is 1. The minimum absolute atomic E-state index is 0.137. The number of nitrogens with zero attached hydrogens (tertiary/aromatic N) is 1. The highest BCUT2D eigenvalue weighted by Crippen LogP contribution is 2.00. The van der Waals surface area contributed by atoms with Crippen molar-refractivity contribution in [2.75, 3.05) is 18.9 Å². The van der Waals surface area contributed by atoms with Crippen LogP contribution in [0.25, 0.3) is 0 Å². The fraction of sp³-hybridized carbons (Fsp3) is 0.500. The summed E-state index contributed by atoms with van der Waals surface area (Å²) in [4.78, 5) is 15.5. The zero-order chi connectivity index (χ0) is 12.7. The third-order valence-electron chi connectivity index (χ3n) is 2.11. The van der Waals surface area contributed by atoms with Crippen molar-refractivity contribution in [3.05, 3.63) is 23.9 Å². The molecule has 0 saturated carbocycles. The second-order valence-corrected chi connectivity index (χ2v) is 4.00. The van der Waals surface area contributed by atoms with Gasteiger partial charge >= 0.3 is 0 Å². The molecular weight excluding hydrogens is 218 g/mol. The summed E-state index contributed by atoms with van der Waals surface area (Å²) in [5, 5.41) is 2.79. The Morgan fingerprint density at radius 2 is 2.29 bits per heavy atom. The first-order valence-corrected chi connectivity index (χ1v) is 5.71. The topological polar surface area (TPSA) is 77.2 Å². The van der Waals surface area contributed by atoms with Crippen molar-refractivity contribution in [3.8, 4) is 0 Å². The molecule has 0 aliphatic rings. The van der Waals surface area contributed by atoms with Crippen molar-refractivity contribution in [2.45, 2.75) is 26.4 Å². The zero-order valence-electron chi connectivity index (χ0n) is 10.3. The van der Waals surface area contributed by atoms with Gasteiger partial charge in [-0.1, -0.05) is 0 Å². The molecule has 0 spiro atoms. The van der Waals surface area contributed by atoms with E-state index in [1.807, 2.05) is 13.8 Å². The van der Waals surface area contributed by atoms with E-state index in [1.165, 1.54) is 6.20 Å². The van der Waals surface area contributed by atoms with Crippen molar-refractivity contribution in [3.63, 3.8) is 0 Å². The van der Waals surface area contributed by atoms with E-state index in [9.17, 15) is 4.79 Å². The Hall–Kier alpha value is -1.62. The highest BCUT2D eigenvalue weighted by atomic mass is 16.5. The van der Waals surface area contributed by atoms with Gasteiger partial charge in [0.15, 0.2) is 0 Å². The first-order chi connectivity index (χ1) is 8.09. The monoisotopic (exact) mass is 237 g/mol. The number of carbonyl (C=O) groups excluding carboxylic acids is 1. The lowest BCUT2D eigenvalue weighted by Gasteiger charge is -2.08. The van der Waals surface area contributed by atoms with Crippen LogP contribution in [0.15, 0.2) is 18.3 Å². The Morgan fingerprint density at radius 1 is 1.53 bits per heavy atom. The summed E-state index contributed by atoms with van der Waals surface area (Å²) in [6, 6.07) is 3.26. The van der Waals surface area contributed by atoms with Gasteiger partial charge in [-0.15, -0.1) is 0 Å². The van der Waals surface area contributed by atoms with E-state index < -0.39 is 0 Å². The molecule has 0 aromatic carbocycles. The Kier molecular flexibility index (Phi) is 5.42. The summed E-state index contributed by atoms with van der Waals surface area (Å²) in [7, 11) is 0. The molecule has 1 rings (SSSR count). The first kappa shape index (κ1) is 13.4. The number of carbonyl (C=O) groups is 1. The van der Waals surface area contributed by atoms with Crippen LogP contribution in [0, 0.1) is 0 Å². The molecule has 94 valence electrons. The molecule has 3 N–H and O–H groups in total. The number of nitrogens with one attached hydrogen (secondary N) is 1. The third kappa shape index (κ3) is 5.31. The Labute approximate surface area is 101 Å². The number of rotatable bonds is 6. The first-order valence-electron chi connectivity index (χ1n) is 5.71. The zero-order valence-corrected chi connectivity index (χ0v) is 10.3. The minimum Gasteiger partial charge on any atom is -0.384 e. The van der Waals surface area contributed by atoms with Crippen LogP contribution in [-0.2, 0) is 4.74 Å². The maximum atomic E-state index is 11.6. The van der Waals surface area contributed by atoms with Crippen LogP contribution in [0.5, 0.6) is 0 Å². The molecule has 1 heterocycles. The summed E-state index contributed by atoms with van der Waals surface area (Å²) in [5.74, 6) is 0.272. The largest absolute Gasteiger partial charge is 0.384 e. The van der Waals surface area contributed by atoms with Crippen LogP contribution in [0.3, 0.4) is 0 Å². The van der Waals surface area contributed by atoms with Crippen LogP contribution in [0.2, 0.25) is 0 Å². The molecule has 0 bridgehead atoms. The summed E-state index contributed by atoms with van der Waals surface area (Å²) >= 11 is 0. The van der Waals surface area contributed by atoms with Gasteiger partial charge in [0.25, 0.3) is 5.91 Å². The van der Waals surface area contributed by atoms with Crippen LogP contribution >= 0.6 is 0 Å². The molecule has 5 nitrogen and oxygen atoms in total. The average Bonchev–Trinajstić information content (AvgIpc) is 2.29. The summed E-state index contributed by atoms with van der Waals surface area (Å²) in [5.41, 5.74) is 5.95. The number of aromatic nitrogens is 1. The van der Waals surface area contributed by atoms with Crippen LogP contribution in [0.4, 0.5) is 5.82 Å². The quantitative estimate of drug-likeness (QED) is 0.729. The summed E-state index contributed by atoms with van der Waals surface area (Å²) in [6.07, 6.45) is 2.49. The molecule has 0 atom stereocenters. The van der Waals surface area contributed by atoms with Crippen LogP contribution in [0.1, 0.15) is 30.6 Å². The Balaban J connectivity index is 2.23. The van der Waals surface area contributed by atoms with Gasteiger partial charge in [0, 0.05) is 19.3 Å². The average molecular weight is 237 g/mol. The van der Waals surface area contributed by atoms with Crippen LogP contribution in [-0.4, -0.2) is 30.1 Å². The minimum atomic E-state index is -0.137. The van der Waals surface area contributed by atoms with Gasteiger partial charge < -0.3 is 15.8 Å². The van der Waals surface area contributed by atoms with Gasteiger partial charge in [-0.3, -0.25) is 4.79 Å². The number of pyridine rings is 1. The fourth-order valence-electron chi connectivity index (χ4n) is 1.23. The molecule has 0 fully saturated rings. The van der Waals surface area contributed by atoms with Gasteiger partial charge in [0.05, 0.1) is 11.7 Å². The third-order valence-corrected chi connectivity index (χ3v) is 2.11. The molecule has 0 aliphatic carbocycles. The second-order valence-electron chi connectivity index (χ2n) is 4.00. The maximum absolute atomic E-state index is 11.6. The smallest absolute Gasteiger partial charge is 0.252 e. The molecule has 0 aliphatic heterocycles. The van der Waals surface area contributed by atoms with Crippen LogP contribution < -0.4 is 11.1 Å². The van der Waals surface area contributed by atoms with Gasteiger partial charge in [-0.2, -0.15) is 0 Å². The highest BCUT2D eigenvalue weighted by Gasteiger charge is 2.04. The normalized spacial score (nSPS) is 10.5. The van der Waals surface area contributed by atoms with Crippen molar-refractivity contribution in [1.82, 2.24) is 10.3 Å². The molecule has 1 aromatic rings. The Morgan fingerprint density at radius 3 is 2.88 bits per heavy atom. The van der Waals surface area contributed by atoms with Gasteiger partial charge in [0.2, 0.25) is 0 Å². The lowest BCUT2D eigenvalue weighted by Crippen LogP contribution is -2.25. The molecule has 5 heteroatoms. The highest BCUT2D eigenvalue weighted by molar-refractivity contribution is 5.93. The molecule has 0 unspecified atom stereocenters. The van der Waals surface area contributed by atoms with E-state index in [4.69, 9.17) is 10.5 Å². The molecule has 1 aromatic heterocycles. The molecule has 0 saturated heterocycles. The van der Waals surface area contributed by atoms with E-state index in [0.29, 0.717) is 24.5 Å². The lowest BCUT2D eigenvalue weighted by molar-refractivity contribution is 0.0757. The number of nitrogen functional groups attached to an aromatic ring is 1. The Bertz CT molecular complexity index is 349. The second kappa shape index (κ2) is 6.85. The number of hydrogen-bond acceptors (Lipinski definition) is 4.